The Kier molecular flexibility index (Phi) is 12.4. The lowest BCUT2D eigenvalue weighted by Crippen LogP contribution is -2.48. The van der Waals surface area contributed by atoms with Crippen molar-refractivity contribution in [1.29, 1.82) is 5.26 Å². The van der Waals surface area contributed by atoms with Crippen LogP contribution >= 0.6 is 0 Å². The van der Waals surface area contributed by atoms with Crippen LogP contribution in [0, 0.1) is 23.0 Å². The van der Waals surface area contributed by atoms with Gasteiger partial charge in [-0.05, 0) is 49.2 Å². The van der Waals surface area contributed by atoms with Crippen LogP contribution in [0.25, 0.3) is 16.9 Å². The van der Waals surface area contributed by atoms with Crippen molar-refractivity contribution in [3.63, 3.8) is 0 Å². The number of halogens is 2. The topological polar surface area (TPSA) is 217 Å². The highest BCUT2D eigenvalue weighted by atomic mass is 19.2. The summed E-state index contributed by atoms with van der Waals surface area (Å²) in [5, 5.41) is 33.4. The van der Waals surface area contributed by atoms with E-state index in [2.05, 4.69) is 25.9 Å². The van der Waals surface area contributed by atoms with Crippen LogP contribution in [0.5, 0.6) is 5.75 Å². The Labute approximate surface area is 261 Å². The first-order valence-electron chi connectivity index (χ1n) is 13.8. The summed E-state index contributed by atoms with van der Waals surface area (Å²) in [6.45, 7) is 2.95. The third-order valence-electron chi connectivity index (χ3n) is 6.57. The van der Waals surface area contributed by atoms with E-state index in [0.717, 1.165) is 5.56 Å². The van der Waals surface area contributed by atoms with Crippen molar-refractivity contribution in [2.75, 3.05) is 25.0 Å². The van der Waals surface area contributed by atoms with E-state index in [4.69, 9.17) is 25.6 Å². The number of aliphatic hydroxyl groups excluding tert-OH is 1. The maximum atomic E-state index is 14.9. The average molecular weight is 639 g/mol. The van der Waals surface area contributed by atoms with Gasteiger partial charge in [-0.25, -0.2) is 14.4 Å². The number of carboxylic acid groups (broad SMARTS) is 1. The van der Waals surface area contributed by atoms with Gasteiger partial charge in [-0.2, -0.15) is 9.65 Å². The number of ether oxygens (including phenoxy) is 1. The smallest absolute Gasteiger partial charge is 0.290 e. The van der Waals surface area contributed by atoms with E-state index in [-0.39, 0.29) is 42.5 Å². The molecule has 4 rings (SSSR count). The second kappa shape index (κ2) is 16.4. The van der Waals surface area contributed by atoms with E-state index < -0.39 is 36.3 Å². The second-order valence-corrected chi connectivity index (χ2v) is 9.57. The molecule has 0 saturated carbocycles. The number of imidazole rings is 1. The molecule has 2 amide bonds. The molecule has 0 aliphatic rings. The van der Waals surface area contributed by atoms with E-state index in [1.54, 1.807) is 34.9 Å². The van der Waals surface area contributed by atoms with Gasteiger partial charge in [0.1, 0.15) is 12.1 Å². The Morgan fingerprint density at radius 3 is 2.57 bits per heavy atom. The molecule has 14 nitrogen and oxygen atoms in total. The van der Waals surface area contributed by atoms with Crippen molar-refractivity contribution in [3.05, 3.63) is 71.7 Å². The monoisotopic (exact) mass is 638 g/mol. The molecule has 0 saturated heterocycles. The third kappa shape index (κ3) is 8.28. The number of nitrogens with zero attached hydrogens (tertiary/aromatic N) is 4. The first-order valence-corrected chi connectivity index (χ1v) is 13.8. The number of carbonyl (C=O) groups is 3. The summed E-state index contributed by atoms with van der Waals surface area (Å²) in [5.74, 6) is -3.22. The highest BCUT2D eigenvalue weighted by molar-refractivity contribution is 5.96. The number of amides is 2. The Morgan fingerprint density at radius 2 is 1.89 bits per heavy atom. The van der Waals surface area contributed by atoms with Crippen LogP contribution in [0.2, 0.25) is 0 Å². The number of aliphatic hydroxyl groups is 1. The largest absolute Gasteiger partial charge is 0.483 e. The van der Waals surface area contributed by atoms with Gasteiger partial charge < -0.3 is 36.6 Å². The Balaban J connectivity index is 0.00000185. The molecule has 2 aromatic heterocycles. The van der Waals surface area contributed by atoms with Gasteiger partial charge in [0.15, 0.2) is 29.6 Å². The molecule has 16 heteroatoms. The number of aryl methyl sites for hydroxylation is 1. The lowest BCUT2D eigenvalue weighted by atomic mass is 10.0. The summed E-state index contributed by atoms with van der Waals surface area (Å²) in [6, 6.07) is 8.40. The predicted octanol–water partition coefficient (Wildman–Crippen LogP) is 2.14. The molecule has 0 radical (unpaired) electrons. The summed E-state index contributed by atoms with van der Waals surface area (Å²) in [7, 11) is 0. The molecular formula is C30H32F2N8O6. The van der Waals surface area contributed by atoms with Crippen molar-refractivity contribution in [2.24, 2.45) is 5.73 Å². The molecule has 4 aromatic rings. The minimum Gasteiger partial charge on any atom is -0.483 e. The van der Waals surface area contributed by atoms with Gasteiger partial charge in [0.05, 0.1) is 18.0 Å². The maximum Gasteiger partial charge on any atom is 0.290 e. The van der Waals surface area contributed by atoms with Crippen LogP contribution in [0.1, 0.15) is 29.8 Å². The molecule has 46 heavy (non-hydrogen) atoms. The Morgan fingerprint density at radius 1 is 1.17 bits per heavy atom. The number of hydrogen-bond acceptors (Lipinski definition) is 10. The average Bonchev–Trinajstić information content (AvgIpc) is 3.48. The second-order valence-electron chi connectivity index (χ2n) is 9.57. The zero-order chi connectivity index (χ0) is 33.8. The summed E-state index contributed by atoms with van der Waals surface area (Å²) in [6.07, 6.45) is 3.98. The van der Waals surface area contributed by atoms with Crippen LogP contribution in [0.4, 0.5) is 20.3 Å². The molecular weight excluding hydrogens is 606 g/mol. The summed E-state index contributed by atoms with van der Waals surface area (Å²) < 4.78 is 36.0. The molecule has 2 unspecified atom stereocenters. The molecule has 2 atom stereocenters. The zero-order valence-corrected chi connectivity index (χ0v) is 24.8. The van der Waals surface area contributed by atoms with Crippen molar-refractivity contribution in [2.45, 2.75) is 32.4 Å². The number of anilines is 2. The number of nitriles is 1. The maximum absolute atomic E-state index is 14.9. The minimum atomic E-state index is -1.21. The first-order chi connectivity index (χ1) is 22.1. The molecule has 0 bridgehead atoms. The number of rotatable bonds is 12. The number of carbonyl (C=O) groups excluding carboxylic acids is 2. The van der Waals surface area contributed by atoms with Gasteiger partial charge in [0.25, 0.3) is 12.4 Å². The molecule has 242 valence electrons. The molecule has 0 aliphatic heterocycles. The summed E-state index contributed by atoms with van der Waals surface area (Å²) in [5.41, 5.74) is 7.96. The van der Waals surface area contributed by atoms with Crippen LogP contribution in [-0.4, -0.2) is 74.7 Å². The fourth-order valence-electron chi connectivity index (χ4n) is 4.27. The molecule has 2 heterocycles. The first kappa shape index (κ1) is 34.8. The van der Waals surface area contributed by atoms with Crippen LogP contribution in [-0.2, 0) is 16.0 Å². The van der Waals surface area contributed by atoms with E-state index in [1.807, 2.05) is 6.92 Å². The van der Waals surface area contributed by atoms with Crippen LogP contribution in [0.15, 0.2) is 48.9 Å². The van der Waals surface area contributed by atoms with Crippen LogP contribution < -0.4 is 26.4 Å². The van der Waals surface area contributed by atoms with Crippen LogP contribution in [0.3, 0.4) is 0 Å². The zero-order valence-electron chi connectivity index (χ0n) is 24.8. The van der Waals surface area contributed by atoms with Crippen molar-refractivity contribution >= 4 is 35.4 Å². The van der Waals surface area contributed by atoms with Gasteiger partial charge in [0.2, 0.25) is 11.7 Å². The Bertz CT molecular complexity index is 1740. The fraction of sp³-hybridized carbons (Fsp3) is 0.267. The van der Waals surface area contributed by atoms with Gasteiger partial charge in [0, 0.05) is 42.3 Å². The van der Waals surface area contributed by atoms with E-state index >= 15 is 0 Å². The van der Waals surface area contributed by atoms with E-state index in [1.165, 1.54) is 31.5 Å². The van der Waals surface area contributed by atoms with Gasteiger partial charge in [-0.3, -0.25) is 18.8 Å². The molecule has 0 fully saturated rings. The quantitative estimate of drug-likeness (QED) is 0.0976. The highest BCUT2D eigenvalue weighted by Gasteiger charge is 2.20. The number of hydrogen-bond donors (Lipinski definition) is 6. The molecule has 7 N–H and O–H groups in total. The summed E-state index contributed by atoms with van der Waals surface area (Å²) >= 11 is 0. The summed E-state index contributed by atoms with van der Waals surface area (Å²) in [4.78, 5) is 41.7. The number of benzene rings is 2. The lowest BCUT2D eigenvalue weighted by Gasteiger charge is -2.15. The molecule has 0 spiro atoms. The van der Waals surface area contributed by atoms with E-state index in [0.29, 0.717) is 29.1 Å². The highest BCUT2D eigenvalue weighted by Crippen LogP contribution is 2.32. The number of nitrogens with one attached hydrogen (secondary N) is 3. The number of nitrogens with two attached hydrogens (primary N) is 1. The third-order valence-corrected chi connectivity index (χ3v) is 6.57. The number of fused-ring (bicyclic) bond motifs is 1. The predicted molar refractivity (Wildman–Crippen MR) is 162 cm³/mol. The normalized spacial score (nSPS) is 11.8. The lowest BCUT2D eigenvalue weighted by molar-refractivity contribution is -0.124. The molecule has 0 aliphatic carbocycles. The van der Waals surface area contributed by atoms with Crippen molar-refractivity contribution in [1.82, 2.24) is 25.0 Å². The van der Waals surface area contributed by atoms with Crippen molar-refractivity contribution in [3.8, 4) is 23.1 Å². The fourth-order valence-corrected chi connectivity index (χ4v) is 4.27. The van der Waals surface area contributed by atoms with Gasteiger partial charge >= 0.3 is 0 Å². The van der Waals surface area contributed by atoms with E-state index in [9.17, 15) is 23.5 Å². The standard InChI is InChI=1S/C29H30F2N8O4.CH2O2/c1-3-17-14-18(4-5-19(17)28(41)35-9-10-36-29(42)25(33)16(2)40)38-26-27-37-15-21(39(27)12-11-34-26)20-6-7-22(43-13-8-32)24(31)23(20)30;2-1-3/h4-7,11-12,14-16,25,40H,3,9-10,13,33H2,1-2H3,(H,34,38)(H,35,41)(H,36,42);1H,(H,2,3). The molecule has 2 aromatic carbocycles. The SMILES string of the molecule is CCc1cc(Nc2nccn3c(-c4ccc(OCC#N)c(F)c4F)cnc23)ccc1C(=O)NCCNC(=O)C(N)C(C)O.O=CO. The minimum absolute atomic E-state index is 0.0551. The number of aromatic nitrogens is 3. The van der Waals surface area contributed by atoms with Gasteiger partial charge in [-0.15, -0.1) is 0 Å². The van der Waals surface area contributed by atoms with Crippen molar-refractivity contribution < 1.29 is 38.1 Å². The van der Waals surface area contributed by atoms with Gasteiger partial charge in [-0.1, -0.05) is 6.92 Å². The Hall–Kier alpha value is -5.66.